The van der Waals surface area contributed by atoms with Crippen molar-refractivity contribution in [2.24, 2.45) is 0 Å². The summed E-state index contributed by atoms with van der Waals surface area (Å²) in [6.45, 7) is 5.54. The summed E-state index contributed by atoms with van der Waals surface area (Å²) in [4.78, 5) is 16.8. The summed E-state index contributed by atoms with van der Waals surface area (Å²) in [7, 11) is 1.60. The molecule has 138 valence electrons. The highest BCUT2D eigenvalue weighted by Crippen LogP contribution is 2.41. The van der Waals surface area contributed by atoms with E-state index < -0.39 is 0 Å². The first kappa shape index (κ1) is 17.1. The number of benzene rings is 2. The van der Waals surface area contributed by atoms with Crippen molar-refractivity contribution in [3.8, 4) is 17.2 Å². The fourth-order valence-corrected chi connectivity index (χ4v) is 3.20. The molecule has 0 saturated heterocycles. The molecule has 4 rings (SSSR count). The highest BCUT2D eigenvalue weighted by atomic mass is 16.5. The maximum atomic E-state index is 12.4. The molecule has 0 fully saturated rings. The minimum absolute atomic E-state index is 0.0163. The first-order chi connectivity index (χ1) is 13.0. The van der Waals surface area contributed by atoms with E-state index in [0.717, 1.165) is 21.9 Å². The third-order valence-electron chi connectivity index (χ3n) is 4.37. The summed E-state index contributed by atoms with van der Waals surface area (Å²) in [5.41, 5.74) is 2.41. The molecule has 0 aliphatic carbocycles. The Morgan fingerprint density at radius 2 is 1.93 bits per heavy atom. The maximum Gasteiger partial charge on any atom is 0.273 e. The van der Waals surface area contributed by atoms with Gasteiger partial charge in [-0.1, -0.05) is 18.2 Å². The van der Waals surface area contributed by atoms with Crippen LogP contribution in [-0.4, -0.2) is 24.0 Å². The molecule has 27 heavy (non-hydrogen) atoms. The predicted molar refractivity (Wildman–Crippen MR) is 103 cm³/mol. The number of nitrogens with zero attached hydrogens (tertiary/aromatic N) is 1. The zero-order valence-electron chi connectivity index (χ0n) is 15.6. The number of rotatable bonds is 4. The molecular weight excluding hydrogens is 344 g/mol. The summed E-state index contributed by atoms with van der Waals surface area (Å²) in [5, 5.41) is 4.63. The van der Waals surface area contributed by atoms with Crippen LogP contribution in [0.2, 0.25) is 0 Å². The minimum atomic E-state index is -0.251. The average Bonchev–Trinajstić information content (AvgIpc) is 3.21. The van der Waals surface area contributed by atoms with Gasteiger partial charge >= 0.3 is 0 Å². The van der Waals surface area contributed by atoms with Gasteiger partial charge in [0.25, 0.3) is 5.91 Å². The Hall–Kier alpha value is -3.28. The molecule has 0 bridgehead atoms. The van der Waals surface area contributed by atoms with Crippen LogP contribution in [0, 0.1) is 6.92 Å². The van der Waals surface area contributed by atoms with E-state index in [0.29, 0.717) is 23.0 Å². The van der Waals surface area contributed by atoms with Crippen molar-refractivity contribution >= 4 is 27.8 Å². The van der Waals surface area contributed by atoms with Crippen LogP contribution in [0.1, 0.15) is 30.1 Å². The number of ether oxygens (including phenoxy) is 1. The SMILES string of the molecule is COc1ccc(-c2nc(C(=O)NC(C)C)c(C)o2)c2c1oc1ccccc12. The van der Waals surface area contributed by atoms with E-state index in [1.165, 1.54) is 0 Å². The number of carbonyl (C=O) groups excluding carboxylic acids is 1. The Labute approximate surface area is 156 Å². The van der Waals surface area contributed by atoms with Gasteiger partial charge in [-0.05, 0) is 39.0 Å². The standard InChI is InChI=1S/C21H20N2O4/c1-11(2)22-20(24)18-12(3)26-21(23-18)14-9-10-16(25-4)19-17(14)13-7-5-6-8-15(13)27-19/h5-11H,1-4H3,(H,22,24). The molecule has 0 aliphatic heterocycles. The van der Waals surface area contributed by atoms with Crippen LogP contribution in [0.4, 0.5) is 0 Å². The number of amides is 1. The van der Waals surface area contributed by atoms with E-state index in [1.54, 1.807) is 14.0 Å². The molecule has 1 N–H and O–H groups in total. The van der Waals surface area contributed by atoms with Gasteiger partial charge in [0.1, 0.15) is 11.3 Å². The van der Waals surface area contributed by atoms with Gasteiger partial charge in [-0.2, -0.15) is 0 Å². The van der Waals surface area contributed by atoms with Crippen LogP contribution in [0.25, 0.3) is 33.4 Å². The van der Waals surface area contributed by atoms with Crippen LogP contribution >= 0.6 is 0 Å². The van der Waals surface area contributed by atoms with Gasteiger partial charge in [0, 0.05) is 22.4 Å². The summed E-state index contributed by atoms with van der Waals surface area (Å²) in [5.74, 6) is 1.23. The van der Waals surface area contributed by atoms with E-state index in [2.05, 4.69) is 10.3 Å². The van der Waals surface area contributed by atoms with Gasteiger partial charge < -0.3 is 18.9 Å². The second kappa shape index (κ2) is 6.46. The van der Waals surface area contributed by atoms with E-state index >= 15 is 0 Å². The molecule has 0 atom stereocenters. The number of furan rings is 1. The molecular formula is C21H20N2O4. The van der Waals surface area contributed by atoms with Crippen LogP contribution in [0.5, 0.6) is 5.75 Å². The predicted octanol–water partition coefficient (Wildman–Crippen LogP) is 4.70. The molecule has 0 aliphatic rings. The van der Waals surface area contributed by atoms with E-state index in [9.17, 15) is 4.79 Å². The molecule has 0 unspecified atom stereocenters. The summed E-state index contributed by atoms with van der Waals surface area (Å²) in [6, 6.07) is 11.4. The summed E-state index contributed by atoms with van der Waals surface area (Å²) >= 11 is 0. The Bertz CT molecular complexity index is 1150. The van der Waals surface area contributed by atoms with Crippen molar-refractivity contribution in [1.82, 2.24) is 10.3 Å². The molecule has 6 nitrogen and oxygen atoms in total. The van der Waals surface area contributed by atoms with E-state index in [-0.39, 0.29) is 17.6 Å². The Balaban J connectivity index is 1.94. The molecule has 2 aromatic heterocycles. The lowest BCUT2D eigenvalue weighted by molar-refractivity contribution is 0.0937. The highest BCUT2D eigenvalue weighted by Gasteiger charge is 2.23. The van der Waals surface area contributed by atoms with Crippen molar-refractivity contribution in [3.63, 3.8) is 0 Å². The highest BCUT2D eigenvalue weighted by molar-refractivity contribution is 6.13. The zero-order valence-corrected chi connectivity index (χ0v) is 15.6. The molecule has 4 aromatic rings. The Morgan fingerprint density at radius 3 is 2.67 bits per heavy atom. The van der Waals surface area contributed by atoms with Crippen molar-refractivity contribution < 1.29 is 18.4 Å². The molecule has 2 heterocycles. The Kier molecular flexibility index (Phi) is 4.11. The first-order valence-corrected chi connectivity index (χ1v) is 8.76. The lowest BCUT2D eigenvalue weighted by Crippen LogP contribution is -2.30. The van der Waals surface area contributed by atoms with Gasteiger partial charge in [0.15, 0.2) is 17.0 Å². The number of carbonyl (C=O) groups is 1. The topological polar surface area (TPSA) is 77.5 Å². The number of para-hydroxylation sites is 1. The molecule has 0 saturated carbocycles. The smallest absolute Gasteiger partial charge is 0.273 e. The second-order valence-corrected chi connectivity index (χ2v) is 6.67. The van der Waals surface area contributed by atoms with Gasteiger partial charge in [0.05, 0.1) is 7.11 Å². The first-order valence-electron chi connectivity index (χ1n) is 8.76. The Morgan fingerprint density at radius 1 is 1.15 bits per heavy atom. The minimum Gasteiger partial charge on any atom is -0.493 e. The van der Waals surface area contributed by atoms with Crippen LogP contribution in [0.3, 0.4) is 0 Å². The molecule has 2 aromatic carbocycles. The number of hydrogen-bond donors (Lipinski definition) is 1. The van der Waals surface area contributed by atoms with Crippen molar-refractivity contribution in [2.75, 3.05) is 7.11 Å². The number of fused-ring (bicyclic) bond motifs is 3. The fraction of sp³-hybridized carbons (Fsp3) is 0.238. The number of nitrogens with one attached hydrogen (secondary N) is 1. The monoisotopic (exact) mass is 364 g/mol. The molecule has 0 radical (unpaired) electrons. The third-order valence-corrected chi connectivity index (χ3v) is 4.37. The number of methoxy groups -OCH3 is 1. The normalized spacial score (nSPS) is 11.4. The molecule has 1 amide bonds. The second-order valence-electron chi connectivity index (χ2n) is 6.67. The van der Waals surface area contributed by atoms with Crippen LogP contribution in [-0.2, 0) is 0 Å². The largest absolute Gasteiger partial charge is 0.493 e. The maximum absolute atomic E-state index is 12.4. The fourth-order valence-electron chi connectivity index (χ4n) is 3.20. The number of oxazole rings is 1. The van der Waals surface area contributed by atoms with Gasteiger partial charge in [-0.3, -0.25) is 4.79 Å². The van der Waals surface area contributed by atoms with Crippen LogP contribution in [0.15, 0.2) is 45.2 Å². The van der Waals surface area contributed by atoms with E-state index in [1.807, 2.05) is 50.2 Å². The molecule has 6 heteroatoms. The van der Waals surface area contributed by atoms with Crippen molar-refractivity contribution in [2.45, 2.75) is 26.8 Å². The van der Waals surface area contributed by atoms with E-state index in [4.69, 9.17) is 13.6 Å². The summed E-state index contributed by atoms with van der Waals surface area (Å²) in [6.07, 6.45) is 0. The molecule has 0 spiro atoms. The lowest BCUT2D eigenvalue weighted by atomic mass is 10.1. The number of hydrogen-bond acceptors (Lipinski definition) is 5. The third kappa shape index (κ3) is 2.83. The average molecular weight is 364 g/mol. The quantitative estimate of drug-likeness (QED) is 0.568. The number of aromatic nitrogens is 1. The number of aryl methyl sites for hydroxylation is 1. The zero-order chi connectivity index (χ0) is 19.1. The van der Waals surface area contributed by atoms with Crippen molar-refractivity contribution in [1.29, 1.82) is 0 Å². The van der Waals surface area contributed by atoms with Crippen molar-refractivity contribution in [3.05, 3.63) is 47.9 Å². The van der Waals surface area contributed by atoms with Gasteiger partial charge in [-0.15, -0.1) is 0 Å². The summed E-state index contributed by atoms with van der Waals surface area (Å²) < 4.78 is 17.3. The van der Waals surface area contributed by atoms with Gasteiger partial charge in [0.2, 0.25) is 5.89 Å². The van der Waals surface area contributed by atoms with Gasteiger partial charge in [-0.25, -0.2) is 4.98 Å². The lowest BCUT2D eigenvalue weighted by Gasteiger charge is -2.05. The van der Waals surface area contributed by atoms with Crippen LogP contribution < -0.4 is 10.1 Å².